The number of carbonyl (C=O) groups excluding carboxylic acids is 1. The molecule has 0 radical (unpaired) electrons. The summed E-state index contributed by atoms with van der Waals surface area (Å²) in [6, 6.07) is 9.97. The Kier molecular flexibility index (Phi) is 5.65. The molecule has 1 atom stereocenters. The number of nitrogens with one attached hydrogen (secondary N) is 1. The summed E-state index contributed by atoms with van der Waals surface area (Å²) in [7, 11) is 1.55. The summed E-state index contributed by atoms with van der Waals surface area (Å²) in [5.41, 5.74) is 2.03. The van der Waals surface area contributed by atoms with Gasteiger partial charge in [-0.3, -0.25) is 14.9 Å². The van der Waals surface area contributed by atoms with Crippen LogP contribution in [0.25, 0.3) is 0 Å². The first-order valence-electron chi connectivity index (χ1n) is 8.57. The predicted octanol–water partition coefficient (Wildman–Crippen LogP) is 4.28. The van der Waals surface area contributed by atoms with E-state index in [4.69, 9.17) is 4.74 Å². The zero-order valence-electron chi connectivity index (χ0n) is 15.1. The van der Waals surface area contributed by atoms with E-state index in [0.717, 1.165) is 12.0 Å². The van der Waals surface area contributed by atoms with E-state index in [9.17, 15) is 14.9 Å². The van der Waals surface area contributed by atoms with Gasteiger partial charge in [-0.25, -0.2) is 0 Å². The molecule has 0 bridgehead atoms. The number of benzene rings is 2. The molecule has 7 nitrogen and oxygen atoms in total. The van der Waals surface area contributed by atoms with Crippen molar-refractivity contribution in [1.29, 1.82) is 0 Å². The number of anilines is 2. The highest BCUT2D eigenvalue weighted by Gasteiger charge is 2.34. The lowest BCUT2D eigenvalue weighted by molar-refractivity contribution is -0.384. The van der Waals surface area contributed by atoms with Gasteiger partial charge in [0.25, 0.3) is 5.69 Å². The number of amides is 1. The van der Waals surface area contributed by atoms with Crippen LogP contribution in [0.4, 0.5) is 17.1 Å². The molecule has 0 aliphatic carbocycles. The predicted molar refractivity (Wildman–Crippen MR) is 108 cm³/mol. The highest BCUT2D eigenvalue weighted by atomic mass is 79.9. The van der Waals surface area contributed by atoms with E-state index in [1.807, 2.05) is 24.0 Å². The van der Waals surface area contributed by atoms with Gasteiger partial charge in [0.2, 0.25) is 5.91 Å². The molecule has 27 heavy (non-hydrogen) atoms. The van der Waals surface area contributed by atoms with Crippen molar-refractivity contribution in [2.24, 2.45) is 0 Å². The summed E-state index contributed by atoms with van der Waals surface area (Å²) in [6.07, 6.45) is 1.42. The third-order valence-electron chi connectivity index (χ3n) is 4.61. The fourth-order valence-corrected chi connectivity index (χ4v) is 3.70. The highest BCUT2D eigenvalue weighted by molar-refractivity contribution is 9.10. The Labute approximate surface area is 165 Å². The number of nitro groups is 1. The van der Waals surface area contributed by atoms with Crippen LogP contribution in [-0.4, -0.2) is 30.5 Å². The zero-order chi connectivity index (χ0) is 19.6. The summed E-state index contributed by atoms with van der Waals surface area (Å²) in [6.45, 7) is 2.52. The normalized spacial score (nSPS) is 16.3. The average molecular weight is 434 g/mol. The van der Waals surface area contributed by atoms with Crippen LogP contribution in [0.15, 0.2) is 40.9 Å². The van der Waals surface area contributed by atoms with Crippen molar-refractivity contribution in [3.05, 3.63) is 56.5 Å². The number of hydrogen-bond donors (Lipinski definition) is 1. The summed E-state index contributed by atoms with van der Waals surface area (Å²) < 4.78 is 5.94. The SMILES string of the molecule is COc1ccc(C)cc1NC(=O)C1CCCN1c1ccc(Br)cc1[N+](=O)[O-]. The summed E-state index contributed by atoms with van der Waals surface area (Å²) in [5.74, 6) is 0.377. The third-order valence-corrected chi connectivity index (χ3v) is 5.11. The Morgan fingerprint density at radius 2 is 2.11 bits per heavy atom. The number of hydrogen-bond acceptors (Lipinski definition) is 5. The van der Waals surface area contributed by atoms with Crippen LogP contribution >= 0.6 is 15.9 Å². The summed E-state index contributed by atoms with van der Waals surface area (Å²) in [5, 5.41) is 14.4. The van der Waals surface area contributed by atoms with Crippen LogP contribution in [-0.2, 0) is 4.79 Å². The first kappa shape index (κ1) is 19.2. The van der Waals surface area contributed by atoms with Gasteiger partial charge in [0.1, 0.15) is 17.5 Å². The first-order chi connectivity index (χ1) is 12.9. The monoisotopic (exact) mass is 433 g/mol. The maximum Gasteiger partial charge on any atom is 0.293 e. The highest BCUT2D eigenvalue weighted by Crippen LogP contribution is 2.36. The smallest absolute Gasteiger partial charge is 0.293 e. The second kappa shape index (κ2) is 7.96. The second-order valence-electron chi connectivity index (χ2n) is 6.43. The molecular weight excluding hydrogens is 414 g/mol. The molecular formula is C19H20BrN3O4. The number of carbonyl (C=O) groups is 1. The van der Waals surface area contributed by atoms with Gasteiger partial charge >= 0.3 is 0 Å². The van der Waals surface area contributed by atoms with E-state index >= 15 is 0 Å². The largest absolute Gasteiger partial charge is 0.495 e. The van der Waals surface area contributed by atoms with Crippen molar-refractivity contribution in [2.45, 2.75) is 25.8 Å². The van der Waals surface area contributed by atoms with Crippen molar-refractivity contribution in [1.82, 2.24) is 0 Å². The van der Waals surface area contributed by atoms with Gasteiger partial charge in [-0.15, -0.1) is 0 Å². The maximum absolute atomic E-state index is 12.9. The summed E-state index contributed by atoms with van der Waals surface area (Å²) in [4.78, 5) is 25.8. The Balaban J connectivity index is 1.88. The second-order valence-corrected chi connectivity index (χ2v) is 7.35. The third kappa shape index (κ3) is 4.05. The number of rotatable bonds is 5. The van der Waals surface area contributed by atoms with Gasteiger partial charge in [-0.05, 0) is 49.6 Å². The minimum absolute atomic E-state index is 0.0165. The van der Waals surface area contributed by atoms with Gasteiger partial charge in [0.15, 0.2) is 0 Å². The molecule has 3 rings (SSSR count). The molecule has 8 heteroatoms. The van der Waals surface area contributed by atoms with Crippen molar-refractivity contribution in [2.75, 3.05) is 23.9 Å². The van der Waals surface area contributed by atoms with Crippen LogP contribution in [0.2, 0.25) is 0 Å². The Bertz CT molecular complexity index is 887. The molecule has 2 aromatic rings. The molecule has 0 spiro atoms. The van der Waals surface area contributed by atoms with Crippen molar-refractivity contribution in [3.63, 3.8) is 0 Å². The maximum atomic E-state index is 12.9. The Hall–Kier alpha value is -2.61. The number of aryl methyl sites for hydroxylation is 1. The molecule has 142 valence electrons. The van der Waals surface area contributed by atoms with Crippen LogP contribution in [0, 0.1) is 17.0 Å². The van der Waals surface area contributed by atoms with E-state index in [2.05, 4.69) is 21.2 Å². The molecule has 0 saturated carbocycles. The molecule has 1 N–H and O–H groups in total. The lowest BCUT2D eigenvalue weighted by atomic mass is 10.1. The van der Waals surface area contributed by atoms with Crippen LogP contribution < -0.4 is 15.0 Å². The quantitative estimate of drug-likeness (QED) is 0.561. The molecule has 1 unspecified atom stereocenters. The Morgan fingerprint density at radius 3 is 2.81 bits per heavy atom. The molecule has 1 aliphatic heterocycles. The fourth-order valence-electron chi connectivity index (χ4n) is 3.35. The molecule has 1 amide bonds. The van der Waals surface area contributed by atoms with Gasteiger partial charge in [0, 0.05) is 17.1 Å². The number of methoxy groups -OCH3 is 1. The Morgan fingerprint density at radius 1 is 1.33 bits per heavy atom. The van der Waals surface area contributed by atoms with E-state index in [1.54, 1.807) is 25.3 Å². The average Bonchev–Trinajstić information content (AvgIpc) is 3.11. The standard InChI is InChI=1S/C19H20BrN3O4/c1-12-5-8-18(27-2)14(10-12)21-19(24)16-4-3-9-22(16)15-7-6-13(20)11-17(15)23(25)26/h5-8,10-11,16H,3-4,9H2,1-2H3,(H,21,24). The van der Waals surface area contributed by atoms with Crippen LogP contribution in [0.1, 0.15) is 18.4 Å². The first-order valence-corrected chi connectivity index (χ1v) is 9.36. The van der Waals surface area contributed by atoms with Crippen molar-refractivity contribution in [3.8, 4) is 5.75 Å². The van der Waals surface area contributed by atoms with Crippen LogP contribution in [0.5, 0.6) is 5.75 Å². The number of nitro benzene ring substituents is 1. The molecule has 2 aromatic carbocycles. The van der Waals surface area contributed by atoms with Crippen LogP contribution in [0.3, 0.4) is 0 Å². The fraction of sp³-hybridized carbons (Fsp3) is 0.316. The molecule has 1 saturated heterocycles. The van der Waals surface area contributed by atoms with E-state index in [0.29, 0.717) is 34.6 Å². The molecule has 1 fully saturated rings. The van der Waals surface area contributed by atoms with Crippen molar-refractivity contribution < 1.29 is 14.5 Å². The molecule has 1 heterocycles. The molecule has 1 aliphatic rings. The lowest BCUT2D eigenvalue weighted by Crippen LogP contribution is -2.40. The van der Waals surface area contributed by atoms with E-state index in [-0.39, 0.29) is 11.6 Å². The minimum atomic E-state index is -0.477. The van der Waals surface area contributed by atoms with Gasteiger partial charge < -0.3 is 15.0 Å². The number of halogens is 1. The number of nitrogens with zero attached hydrogens (tertiary/aromatic N) is 2. The number of ether oxygens (including phenoxy) is 1. The topological polar surface area (TPSA) is 84.7 Å². The van der Waals surface area contributed by atoms with E-state index in [1.165, 1.54) is 6.07 Å². The van der Waals surface area contributed by atoms with E-state index < -0.39 is 11.0 Å². The minimum Gasteiger partial charge on any atom is -0.495 e. The zero-order valence-corrected chi connectivity index (χ0v) is 16.7. The lowest BCUT2D eigenvalue weighted by Gasteiger charge is -2.26. The molecule has 0 aromatic heterocycles. The van der Waals surface area contributed by atoms with Gasteiger partial charge in [-0.2, -0.15) is 0 Å². The van der Waals surface area contributed by atoms with Crippen molar-refractivity contribution >= 4 is 38.9 Å². The summed E-state index contributed by atoms with van der Waals surface area (Å²) >= 11 is 3.27. The van der Waals surface area contributed by atoms with Gasteiger partial charge in [0.05, 0.1) is 17.7 Å². The van der Waals surface area contributed by atoms with Gasteiger partial charge in [-0.1, -0.05) is 22.0 Å².